The second-order valence-corrected chi connectivity index (χ2v) is 8.05. The lowest BCUT2D eigenvalue weighted by atomic mass is 10.1. The minimum Gasteiger partial charge on any atom is -0.495 e. The smallest absolute Gasteiger partial charge is 0.358 e. The number of anilines is 2. The van der Waals surface area contributed by atoms with Gasteiger partial charge in [0.1, 0.15) is 17.0 Å². The molecule has 1 fully saturated rings. The number of aliphatic hydroxyl groups is 1. The SMILES string of the molecule is COc1ccc(CNc2n[nH]c(N3CCC(O)CC3)c3c[nH+]c4nncc4c23)cc1Cl. The number of ether oxygens (including phenoxy) is 1. The maximum atomic E-state index is 9.87. The first kappa shape index (κ1) is 19.8. The Morgan fingerprint density at radius 2 is 2.16 bits per heavy atom. The van der Waals surface area contributed by atoms with Crippen LogP contribution in [0, 0.1) is 0 Å². The van der Waals surface area contributed by atoms with Gasteiger partial charge in [-0.2, -0.15) is 5.10 Å². The maximum Gasteiger partial charge on any atom is 0.358 e. The van der Waals surface area contributed by atoms with Crippen LogP contribution in [0.1, 0.15) is 18.4 Å². The highest BCUT2D eigenvalue weighted by Gasteiger charge is 2.23. The van der Waals surface area contributed by atoms with E-state index in [1.807, 2.05) is 24.4 Å². The molecule has 1 saturated heterocycles. The number of aliphatic hydroxyl groups excluding tert-OH is 1. The number of hydrogen-bond acceptors (Lipinski definition) is 7. The summed E-state index contributed by atoms with van der Waals surface area (Å²) in [6.07, 6.45) is 4.90. The van der Waals surface area contributed by atoms with Crippen molar-refractivity contribution < 1.29 is 14.8 Å². The van der Waals surface area contributed by atoms with E-state index in [1.54, 1.807) is 13.3 Å². The number of H-pyrrole nitrogens is 2. The third-order valence-electron chi connectivity index (χ3n) is 5.71. The lowest BCUT2D eigenvalue weighted by Gasteiger charge is -2.31. The number of aromatic nitrogens is 5. The van der Waals surface area contributed by atoms with Crippen LogP contribution in [0.4, 0.5) is 11.6 Å². The minimum absolute atomic E-state index is 0.241. The molecule has 1 aliphatic rings. The number of hydrogen-bond donors (Lipinski definition) is 3. The van der Waals surface area contributed by atoms with Gasteiger partial charge in [0, 0.05) is 19.6 Å². The van der Waals surface area contributed by atoms with Gasteiger partial charge in [-0.25, -0.2) is 4.98 Å². The molecule has 0 amide bonds. The number of piperidine rings is 1. The Morgan fingerprint density at radius 1 is 1.32 bits per heavy atom. The summed E-state index contributed by atoms with van der Waals surface area (Å²) in [7, 11) is 1.60. The van der Waals surface area contributed by atoms with Crippen LogP contribution < -0.4 is 19.9 Å². The summed E-state index contributed by atoms with van der Waals surface area (Å²) >= 11 is 6.27. The molecule has 0 radical (unpaired) electrons. The lowest BCUT2D eigenvalue weighted by Crippen LogP contribution is -2.36. The molecule has 9 nitrogen and oxygen atoms in total. The van der Waals surface area contributed by atoms with Crippen molar-refractivity contribution in [2.75, 3.05) is 30.4 Å². The van der Waals surface area contributed by atoms with Crippen molar-refractivity contribution in [1.29, 1.82) is 0 Å². The molecule has 1 aromatic carbocycles. The first-order chi connectivity index (χ1) is 15.1. The summed E-state index contributed by atoms with van der Waals surface area (Å²) < 4.78 is 5.23. The zero-order valence-electron chi connectivity index (χ0n) is 17.0. The molecule has 1 aliphatic heterocycles. The van der Waals surface area contributed by atoms with Gasteiger partial charge in [0.05, 0.1) is 46.5 Å². The molecule has 5 rings (SSSR count). The van der Waals surface area contributed by atoms with Crippen molar-refractivity contribution in [3.63, 3.8) is 0 Å². The van der Waals surface area contributed by atoms with Crippen molar-refractivity contribution in [3.05, 3.63) is 41.2 Å². The van der Waals surface area contributed by atoms with Gasteiger partial charge in [-0.3, -0.25) is 5.10 Å². The molecular formula is C21H23ClN7O2+. The fourth-order valence-corrected chi connectivity index (χ4v) is 4.32. The molecule has 0 unspecified atom stereocenters. The third kappa shape index (κ3) is 3.70. The normalized spacial score (nSPS) is 15.0. The molecule has 0 bridgehead atoms. The second kappa shape index (κ2) is 8.16. The molecule has 3 aromatic heterocycles. The highest BCUT2D eigenvalue weighted by molar-refractivity contribution is 6.32. The number of halogens is 1. The van der Waals surface area contributed by atoms with Crippen LogP contribution in [-0.4, -0.2) is 51.8 Å². The van der Waals surface area contributed by atoms with Crippen LogP contribution in [0.5, 0.6) is 5.75 Å². The van der Waals surface area contributed by atoms with Gasteiger partial charge >= 0.3 is 5.65 Å². The molecule has 4 heterocycles. The average molecular weight is 441 g/mol. The van der Waals surface area contributed by atoms with Gasteiger partial charge in [-0.1, -0.05) is 17.7 Å². The van der Waals surface area contributed by atoms with E-state index in [0.717, 1.165) is 53.5 Å². The Kier molecular flexibility index (Phi) is 5.21. The van der Waals surface area contributed by atoms with Gasteiger partial charge in [0.25, 0.3) is 0 Å². The molecule has 0 atom stereocenters. The van der Waals surface area contributed by atoms with Crippen molar-refractivity contribution in [3.8, 4) is 5.75 Å². The summed E-state index contributed by atoms with van der Waals surface area (Å²) in [4.78, 5) is 5.45. The monoisotopic (exact) mass is 440 g/mol. The standard InChI is InChI=1S/C21H22ClN7O2/c1-31-17-3-2-12(8-16(17)22)9-23-20-18-14-11-25-26-19(14)24-10-15(18)21(28-27-20)29-6-4-13(30)5-7-29/h2-3,8,10-11,13,28,30H,4-7,9H2,1H3,(H,23,27)/p+1. The number of fused-ring (bicyclic) bond motifs is 3. The van der Waals surface area contributed by atoms with Crippen LogP contribution in [-0.2, 0) is 6.54 Å². The van der Waals surface area contributed by atoms with E-state index in [1.165, 1.54) is 0 Å². The van der Waals surface area contributed by atoms with E-state index in [0.29, 0.717) is 28.8 Å². The molecule has 0 aliphatic carbocycles. The van der Waals surface area contributed by atoms with E-state index in [9.17, 15) is 5.11 Å². The Labute approximate surface area is 183 Å². The van der Waals surface area contributed by atoms with Gasteiger partial charge in [0.2, 0.25) is 0 Å². The summed E-state index contributed by atoms with van der Waals surface area (Å²) in [5.41, 5.74) is 1.71. The molecule has 4 aromatic rings. The first-order valence-corrected chi connectivity index (χ1v) is 10.6. The molecule has 160 valence electrons. The number of aromatic amines is 2. The van der Waals surface area contributed by atoms with E-state index in [-0.39, 0.29) is 6.10 Å². The number of rotatable bonds is 5. The predicted octanol–water partition coefficient (Wildman–Crippen LogP) is 2.56. The number of pyridine rings is 1. The predicted molar refractivity (Wildman–Crippen MR) is 119 cm³/mol. The van der Waals surface area contributed by atoms with Gasteiger partial charge < -0.3 is 20.1 Å². The van der Waals surface area contributed by atoms with Gasteiger partial charge in [-0.05, 0) is 35.6 Å². The Hall–Kier alpha value is -3.17. The average Bonchev–Trinajstić information content (AvgIpc) is 3.27. The van der Waals surface area contributed by atoms with Crippen LogP contribution >= 0.6 is 11.6 Å². The highest BCUT2D eigenvalue weighted by Crippen LogP contribution is 2.33. The number of benzene rings is 1. The van der Waals surface area contributed by atoms with E-state index in [4.69, 9.17) is 16.3 Å². The number of methoxy groups -OCH3 is 1. The van der Waals surface area contributed by atoms with Crippen molar-refractivity contribution in [1.82, 2.24) is 20.4 Å². The fourth-order valence-electron chi connectivity index (χ4n) is 4.04. The highest BCUT2D eigenvalue weighted by atomic mass is 35.5. The Bertz CT molecular complexity index is 1240. The summed E-state index contributed by atoms with van der Waals surface area (Å²) in [6, 6.07) is 5.69. The van der Waals surface area contributed by atoms with E-state index >= 15 is 0 Å². The van der Waals surface area contributed by atoms with Crippen molar-refractivity contribution in [2.45, 2.75) is 25.5 Å². The Balaban J connectivity index is 1.53. The van der Waals surface area contributed by atoms with Crippen LogP contribution in [0.15, 0.2) is 30.6 Å². The molecular weight excluding hydrogens is 418 g/mol. The largest absolute Gasteiger partial charge is 0.495 e. The molecule has 31 heavy (non-hydrogen) atoms. The Morgan fingerprint density at radius 3 is 2.94 bits per heavy atom. The topological polar surface area (TPSA) is 113 Å². The molecule has 0 spiro atoms. The van der Waals surface area contributed by atoms with Gasteiger partial charge in [-0.15, -0.1) is 0 Å². The maximum absolute atomic E-state index is 9.87. The summed E-state index contributed by atoms with van der Waals surface area (Å²) in [5, 5.41) is 32.8. The summed E-state index contributed by atoms with van der Waals surface area (Å²) in [6.45, 7) is 2.07. The van der Waals surface area contributed by atoms with Crippen molar-refractivity contribution >= 4 is 45.0 Å². The molecule has 10 heteroatoms. The van der Waals surface area contributed by atoms with Crippen LogP contribution in [0.25, 0.3) is 21.8 Å². The summed E-state index contributed by atoms with van der Waals surface area (Å²) in [5.74, 6) is 2.26. The zero-order chi connectivity index (χ0) is 21.4. The lowest BCUT2D eigenvalue weighted by molar-refractivity contribution is -0.345. The number of nitrogens with one attached hydrogen (secondary N) is 3. The van der Waals surface area contributed by atoms with E-state index in [2.05, 4.69) is 35.6 Å². The van der Waals surface area contributed by atoms with Gasteiger partial charge in [0.15, 0.2) is 5.82 Å². The zero-order valence-corrected chi connectivity index (χ0v) is 17.8. The first-order valence-electron chi connectivity index (χ1n) is 10.2. The van der Waals surface area contributed by atoms with Crippen LogP contribution in [0.3, 0.4) is 0 Å². The number of nitrogens with zero attached hydrogens (tertiary/aromatic N) is 4. The van der Waals surface area contributed by atoms with Crippen LogP contribution in [0.2, 0.25) is 5.02 Å². The fraction of sp³-hybridized carbons (Fsp3) is 0.333. The molecule has 4 N–H and O–H groups in total. The molecule has 0 saturated carbocycles. The second-order valence-electron chi connectivity index (χ2n) is 7.65. The third-order valence-corrected chi connectivity index (χ3v) is 6.01. The van der Waals surface area contributed by atoms with E-state index < -0.39 is 0 Å². The minimum atomic E-state index is -0.241. The van der Waals surface area contributed by atoms with Crippen molar-refractivity contribution in [2.24, 2.45) is 0 Å². The quantitative estimate of drug-likeness (QED) is 0.437.